The van der Waals surface area contributed by atoms with Crippen molar-refractivity contribution in [3.63, 3.8) is 0 Å². The van der Waals surface area contributed by atoms with Gasteiger partial charge in [0.1, 0.15) is 12.1 Å². The Kier molecular flexibility index (Phi) is 6.40. The summed E-state index contributed by atoms with van der Waals surface area (Å²) < 4.78 is 0. The predicted molar refractivity (Wildman–Crippen MR) is 102 cm³/mol. The van der Waals surface area contributed by atoms with Gasteiger partial charge in [-0.1, -0.05) is 58.7 Å². The van der Waals surface area contributed by atoms with Gasteiger partial charge in [-0.25, -0.2) is 4.79 Å². The van der Waals surface area contributed by atoms with E-state index in [1.807, 2.05) is 52.0 Å². The molecule has 142 valence electrons. The lowest BCUT2D eigenvalue weighted by Crippen LogP contribution is -2.47. The quantitative estimate of drug-likeness (QED) is 0.696. The molecular formula is C20H29N3O3. The fraction of sp³-hybridized carbons (Fsp3) is 0.550. The molecule has 1 aromatic rings. The molecule has 0 unspecified atom stereocenters. The van der Waals surface area contributed by atoms with Gasteiger partial charge in [-0.15, -0.1) is 0 Å². The highest BCUT2D eigenvalue weighted by atomic mass is 16.2. The number of nitrogens with zero attached hydrogens (tertiary/aromatic N) is 1. The first-order valence-corrected chi connectivity index (χ1v) is 9.37. The van der Waals surface area contributed by atoms with Crippen LogP contribution in [0.5, 0.6) is 0 Å². The Morgan fingerprint density at radius 2 is 1.77 bits per heavy atom. The number of anilines is 1. The van der Waals surface area contributed by atoms with E-state index in [2.05, 4.69) is 10.6 Å². The summed E-state index contributed by atoms with van der Waals surface area (Å²) in [4.78, 5) is 38.7. The number of nitrogens with one attached hydrogen (secondary N) is 2. The van der Waals surface area contributed by atoms with Gasteiger partial charge >= 0.3 is 6.03 Å². The first-order valence-electron chi connectivity index (χ1n) is 9.37. The van der Waals surface area contributed by atoms with E-state index in [1.165, 1.54) is 0 Å². The number of carbonyl (C=O) groups excluding carboxylic acids is 3. The van der Waals surface area contributed by atoms with E-state index in [0.717, 1.165) is 23.3 Å². The highest BCUT2D eigenvalue weighted by molar-refractivity contribution is 6.10. The number of urea groups is 1. The standard InChI is InChI=1S/C20H29N3O3/c1-5-11-20(12-6-2)18(25)23(19(26)22-20)13-17(24)21-16-10-8-7-9-15(16)14(3)4/h7-10,14H,5-6,11-13H2,1-4H3,(H,21,24)(H,22,26). The van der Waals surface area contributed by atoms with Gasteiger partial charge < -0.3 is 10.6 Å². The Morgan fingerprint density at radius 1 is 1.15 bits per heavy atom. The van der Waals surface area contributed by atoms with Crippen LogP contribution >= 0.6 is 0 Å². The van der Waals surface area contributed by atoms with Gasteiger partial charge in [0.25, 0.3) is 5.91 Å². The molecule has 1 heterocycles. The van der Waals surface area contributed by atoms with Gasteiger partial charge in [-0.05, 0) is 30.4 Å². The summed E-state index contributed by atoms with van der Waals surface area (Å²) >= 11 is 0. The molecule has 1 saturated heterocycles. The Labute approximate surface area is 155 Å². The summed E-state index contributed by atoms with van der Waals surface area (Å²) in [5.74, 6) is -0.408. The molecule has 4 amide bonds. The second-order valence-electron chi connectivity index (χ2n) is 7.19. The van der Waals surface area contributed by atoms with Crippen LogP contribution in [-0.4, -0.2) is 34.8 Å². The van der Waals surface area contributed by atoms with E-state index in [9.17, 15) is 14.4 Å². The zero-order chi connectivity index (χ0) is 19.3. The SMILES string of the molecule is CCCC1(CCC)NC(=O)N(CC(=O)Nc2ccccc2C(C)C)C1=O. The summed E-state index contributed by atoms with van der Waals surface area (Å²) in [6.45, 7) is 7.79. The largest absolute Gasteiger partial charge is 0.325 e. The number of carbonyl (C=O) groups is 3. The summed E-state index contributed by atoms with van der Waals surface area (Å²) in [5, 5.41) is 5.66. The van der Waals surface area contributed by atoms with E-state index >= 15 is 0 Å². The summed E-state index contributed by atoms with van der Waals surface area (Å²) in [5.41, 5.74) is 0.869. The fourth-order valence-electron chi connectivity index (χ4n) is 3.58. The van der Waals surface area contributed by atoms with Crippen LogP contribution < -0.4 is 10.6 Å². The number of amides is 4. The Balaban J connectivity index is 2.12. The van der Waals surface area contributed by atoms with Gasteiger partial charge in [-0.2, -0.15) is 0 Å². The maximum Gasteiger partial charge on any atom is 0.325 e. The van der Waals surface area contributed by atoms with Crippen molar-refractivity contribution in [2.75, 3.05) is 11.9 Å². The monoisotopic (exact) mass is 359 g/mol. The molecule has 26 heavy (non-hydrogen) atoms. The zero-order valence-corrected chi connectivity index (χ0v) is 16.1. The Hall–Kier alpha value is -2.37. The van der Waals surface area contributed by atoms with Crippen molar-refractivity contribution in [3.8, 4) is 0 Å². The topological polar surface area (TPSA) is 78.5 Å². The second kappa shape index (κ2) is 8.34. The van der Waals surface area contributed by atoms with Crippen molar-refractivity contribution in [2.24, 2.45) is 0 Å². The average Bonchev–Trinajstić information content (AvgIpc) is 2.80. The molecule has 2 rings (SSSR count). The number of rotatable bonds is 8. The van der Waals surface area contributed by atoms with Crippen LogP contribution in [0.15, 0.2) is 24.3 Å². The fourth-order valence-corrected chi connectivity index (χ4v) is 3.58. The number of imide groups is 1. The van der Waals surface area contributed by atoms with Crippen LogP contribution in [0.4, 0.5) is 10.5 Å². The third kappa shape index (κ3) is 4.06. The van der Waals surface area contributed by atoms with E-state index in [1.54, 1.807) is 0 Å². The molecule has 6 heteroatoms. The molecule has 1 aliphatic rings. The maximum atomic E-state index is 12.8. The highest BCUT2D eigenvalue weighted by Crippen LogP contribution is 2.28. The molecular weight excluding hydrogens is 330 g/mol. The lowest BCUT2D eigenvalue weighted by Gasteiger charge is -2.25. The van der Waals surface area contributed by atoms with E-state index < -0.39 is 11.6 Å². The van der Waals surface area contributed by atoms with Crippen LogP contribution in [0.2, 0.25) is 0 Å². The van der Waals surface area contributed by atoms with Gasteiger partial charge in [0.2, 0.25) is 5.91 Å². The van der Waals surface area contributed by atoms with Crippen molar-refractivity contribution in [1.82, 2.24) is 10.2 Å². The zero-order valence-electron chi connectivity index (χ0n) is 16.1. The summed E-state index contributed by atoms with van der Waals surface area (Å²) in [6, 6.07) is 7.08. The summed E-state index contributed by atoms with van der Waals surface area (Å²) in [6.07, 6.45) is 2.74. The molecule has 0 atom stereocenters. The Morgan fingerprint density at radius 3 is 2.35 bits per heavy atom. The van der Waals surface area contributed by atoms with Crippen LogP contribution in [0.1, 0.15) is 64.9 Å². The smallest absolute Gasteiger partial charge is 0.324 e. The van der Waals surface area contributed by atoms with Crippen molar-refractivity contribution in [1.29, 1.82) is 0 Å². The van der Waals surface area contributed by atoms with Crippen molar-refractivity contribution in [2.45, 2.75) is 64.8 Å². The van der Waals surface area contributed by atoms with Gasteiger partial charge in [-0.3, -0.25) is 14.5 Å². The van der Waals surface area contributed by atoms with Crippen molar-refractivity contribution >= 4 is 23.5 Å². The number of hydrogen-bond donors (Lipinski definition) is 2. The third-order valence-corrected chi connectivity index (χ3v) is 4.76. The first kappa shape index (κ1) is 19.9. The molecule has 0 saturated carbocycles. The predicted octanol–water partition coefficient (Wildman–Crippen LogP) is 3.64. The summed E-state index contributed by atoms with van der Waals surface area (Å²) in [7, 11) is 0. The molecule has 0 radical (unpaired) electrons. The second-order valence-corrected chi connectivity index (χ2v) is 7.19. The first-order chi connectivity index (χ1) is 12.3. The molecule has 2 N–H and O–H groups in total. The van der Waals surface area contributed by atoms with Gasteiger partial charge in [0.15, 0.2) is 0 Å². The minimum Gasteiger partial charge on any atom is -0.324 e. The molecule has 0 aromatic heterocycles. The van der Waals surface area contributed by atoms with Crippen molar-refractivity contribution < 1.29 is 14.4 Å². The molecule has 1 aliphatic heterocycles. The Bertz CT molecular complexity index is 679. The maximum absolute atomic E-state index is 12.8. The molecule has 0 bridgehead atoms. The lowest BCUT2D eigenvalue weighted by atomic mass is 9.88. The van der Waals surface area contributed by atoms with E-state index in [4.69, 9.17) is 0 Å². The van der Waals surface area contributed by atoms with Crippen LogP contribution in [-0.2, 0) is 9.59 Å². The minimum atomic E-state index is -0.864. The van der Waals surface area contributed by atoms with Crippen LogP contribution in [0, 0.1) is 0 Å². The van der Waals surface area contributed by atoms with E-state index in [0.29, 0.717) is 18.5 Å². The van der Waals surface area contributed by atoms with Crippen LogP contribution in [0.25, 0.3) is 0 Å². The van der Waals surface area contributed by atoms with E-state index in [-0.39, 0.29) is 24.3 Å². The average molecular weight is 359 g/mol. The number of hydrogen-bond acceptors (Lipinski definition) is 3. The third-order valence-electron chi connectivity index (χ3n) is 4.76. The minimum absolute atomic E-state index is 0.255. The van der Waals surface area contributed by atoms with Gasteiger partial charge in [0, 0.05) is 5.69 Å². The van der Waals surface area contributed by atoms with Crippen molar-refractivity contribution in [3.05, 3.63) is 29.8 Å². The van der Waals surface area contributed by atoms with Gasteiger partial charge in [0.05, 0.1) is 0 Å². The molecule has 0 aliphatic carbocycles. The normalized spacial score (nSPS) is 16.1. The number of benzene rings is 1. The molecule has 6 nitrogen and oxygen atoms in total. The molecule has 1 aromatic carbocycles. The molecule has 1 fully saturated rings. The van der Waals surface area contributed by atoms with Crippen LogP contribution in [0.3, 0.4) is 0 Å². The molecule has 0 spiro atoms. The highest BCUT2D eigenvalue weighted by Gasteiger charge is 2.50. The lowest BCUT2D eigenvalue weighted by molar-refractivity contribution is -0.134. The number of para-hydroxylation sites is 1.